The normalized spacial score (nSPS) is 11.0. The van der Waals surface area contributed by atoms with Crippen LogP contribution in [0.4, 0.5) is 0 Å². The summed E-state index contributed by atoms with van der Waals surface area (Å²) in [4.78, 5) is 14.3. The van der Waals surface area contributed by atoms with Crippen LogP contribution in [0, 0.1) is 0 Å². The van der Waals surface area contributed by atoms with Crippen LogP contribution in [0.3, 0.4) is 0 Å². The van der Waals surface area contributed by atoms with Crippen molar-refractivity contribution in [3.8, 4) is 0 Å². The van der Waals surface area contributed by atoms with Crippen LogP contribution < -0.4 is 0 Å². The number of carbonyl (C=O) groups is 1. The molecule has 2 nitrogen and oxygen atoms in total. The number of benzene rings is 1. The van der Waals surface area contributed by atoms with Crippen LogP contribution in [0.2, 0.25) is 0 Å². The van der Waals surface area contributed by atoms with Crippen LogP contribution in [-0.2, 0) is 6.42 Å². The maximum atomic E-state index is 12.2. The van der Waals surface area contributed by atoms with Crippen LogP contribution in [0.1, 0.15) is 15.9 Å². The highest BCUT2D eigenvalue weighted by Gasteiger charge is 2.15. The van der Waals surface area contributed by atoms with Crippen LogP contribution in [0.5, 0.6) is 0 Å². The van der Waals surface area contributed by atoms with E-state index in [4.69, 9.17) is 0 Å². The van der Waals surface area contributed by atoms with Crippen LogP contribution in [0.25, 0.3) is 0 Å². The second-order valence-electron chi connectivity index (χ2n) is 4.63. The Morgan fingerprint density at radius 2 is 1.95 bits per heavy atom. The number of hydrogen-bond acceptors (Lipinski definition) is 3. The largest absolute Gasteiger partial charge is 0.299 e. The molecule has 0 saturated carbocycles. The molecule has 0 atom stereocenters. The molecule has 1 aromatic heterocycles. The van der Waals surface area contributed by atoms with E-state index in [1.807, 2.05) is 31.3 Å². The number of Topliss-reactive ketones (excluding diaryl/α,β-unsaturated/α-hetero) is 1. The molecule has 0 radical (unpaired) electrons. The summed E-state index contributed by atoms with van der Waals surface area (Å²) in [6.07, 6.45) is 0.957. The van der Waals surface area contributed by atoms with Gasteiger partial charge in [-0.15, -0.1) is 11.3 Å². The molecular weight excluding hydrogens is 402 g/mol. The van der Waals surface area contributed by atoms with E-state index in [0.717, 1.165) is 26.1 Å². The van der Waals surface area contributed by atoms with Gasteiger partial charge in [0.25, 0.3) is 0 Å². The minimum atomic E-state index is 0.148. The predicted octanol–water partition coefficient (Wildman–Crippen LogP) is 4.63. The van der Waals surface area contributed by atoms with Gasteiger partial charge in [-0.1, -0.05) is 30.3 Å². The first-order valence-corrected chi connectivity index (χ1v) is 8.67. The number of carbonyl (C=O) groups excluding carboxylic acids is 1. The fourth-order valence-corrected chi connectivity index (χ4v) is 4.76. The zero-order valence-corrected chi connectivity index (χ0v) is 15.1. The van der Waals surface area contributed by atoms with E-state index >= 15 is 0 Å². The van der Waals surface area contributed by atoms with Gasteiger partial charge in [0, 0.05) is 12.1 Å². The molecular formula is C15H15Br2NOS. The topological polar surface area (TPSA) is 20.3 Å². The third-order valence-electron chi connectivity index (χ3n) is 3.00. The van der Waals surface area contributed by atoms with E-state index in [-0.39, 0.29) is 5.78 Å². The Balaban J connectivity index is 1.87. The molecule has 0 unspecified atom stereocenters. The quantitative estimate of drug-likeness (QED) is 0.639. The van der Waals surface area contributed by atoms with Crippen molar-refractivity contribution in [3.05, 3.63) is 55.1 Å². The third kappa shape index (κ3) is 4.52. The molecule has 0 saturated heterocycles. The zero-order valence-electron chi connectivity index (χ0n) is 11.1. The van der Waals surface area contributed by atoms with Crippen molar-refractivity contribution in [1.82, 2.24) is 4.90 Å². The highest BCUT2D eigenvalue weighted by molar-refractivity contribution is 9.12. The molecule has 0 aliphatic carbocycles. The summed E-state index contributed by atoms with van der Waals surface area (Å²) in [5.41, 5.74) is 2.06. The standard InChI is InChI=1S/C15H15Br2NOS/c1-18(8-7-11-5-3-2-4-6-11)10-13(19)12-9-14(16)20-15(12)17/h2-6,9H,7-8,10H2,1H3. The number of nitrogens with zero attached hydrogens (tertiary/aromatic N) is 1. The molecule has 20 heavy (non-hydrogen) atoms. The van der Waals surface area contributed by atoms with Gasteiger partial charge in [0.2, 0.25) is 0 Å². The number of likely N-dealkylation sites (N-methyl/N-ethyl adjacent to an activating group) is 1. The fraction of sp³-hybridized carbons (Fsp3) is 0.267. The lowest BCUT2D eigenvalue weighted by Crippen LogP contribution is -2.28. The van der Waals surface area contributed by atoms with Crippen molar-refractivity contribution < 1.29 is 4.79 Å². The minimum absolute atomic E-state index is 0.148. The number of thiophene rings is 1. The molecule has 0 aliphatic heterocycles. The first kappa shape index (κ1) is 15.9. The van der Waals surface area contributed by atoms with E-state index < -0.39 is 0 Å². The van der Waals surface area contributed by atoms with Gasteiger partial charge >= 0.3 is 0 Å². The van der Waals surface area contributed by atoms with Gasteiger partial charge < -0.3 is 0 Å². The Labute approximate surface area is 140 Å². The molecule has 5 heteroatoms. The molecule has 106 valence electrons. The van der Waals surface area contributed by atoms with Gasteiger partial charge in [-0.2, -0.15) is 0 Å². The number of ketones is 1. The second-order valence-corrected chi connectivity index (χ2v) is 8.38. The Hall–Kier alpha value is -0.490. The average molecular weight is 417 g/mol. The summed E-state index contributed by atoms with van der Waals surface area (Å²) >= 11 is 8.36. The van der Waals surface area contributed by atoms with Gasteiger partial charge in [-0.05, 0) is 57.0 Å². The van der Waals surface area contributed by atoms with Crippen molar-refractivity contribution >= 4 is 49.0 Å². The lowest BCUT2D eigenvalue weighted by molar-refractivity contribution is 0.0946. The monoisotopic (exact) mass is 415 g/mol. The first-order chi connectivity index (χ1) is 9.56. The van der Waals surface area contributed by atoms with Crippen molar-refractivity contribution in [1.29, 1.82) is 0 Å². The maximum Gasteiger partial charge on any atom is 0.178 e. The Morgan fingerprint density at radius 3 is 2.55 bits per heavy atom. The van der Waals surface area contributed by atoms with Crippen molar-refractivity contribution in [3.63, 3.8) is 0 Å². The number of hydrogen-bond donors (Lipinski definition) is 0. The van der Waals surface area contributed by atoms with Crippen molar-refractivity contribution in [2.24, 2.45) is 0 Å². The van der Waals surface area contributed by atoms with Gasteiger partial charge in [0.1, 0.15) is 0 Å². The number of halogens is 2. The maximum absolute atomic E-state index is 12.2. The lowest BCUT2D eigenvalue weighted by Gasteiger charge is -2.15. The van der Waals surface area contributed by atoms with E-state index in [1.165, 1.54) is 16.9 Å². The minimum Gasteiger partial charge on any atom is -0.299 e. The number of rotatable bonds is 6. The average Bonchev–Trinajstić information content (AvgIpc) is 2.77. The molecule has 0 aliphatic rings. The van der Waals surface area contributed by atoms with Crippen LogP contribution in [-0.4, -0.2) is 30.8 Å². The predicted molar refractivity (Wildman–Crippen MR) is 91.7 cm³/mol. The summed E-state index contributed by atoms with van der Waals surface area (Å²) in [6, 6.07) is 12.2. The molecule has 2 aromatic rings. The third-order valence-corrected chi connectivity index (χ3v) is 5.33. The summed E-state index contributed by atoms with van der Waals surface area (Å²) in [5, 5.41) is 0. The Kier molecular flexibility index (Phi) is 5.96. The molecule has 0 spiro atoms. The molecule has 0 N–H and O–H groups in total. The van der Waals surface area contributed by atoms with Crippen LogP contribution >= 0.6 is 43.2 Å². The molecule has 1 heterocycles. The summed E-state index contributed by atoms with van der Waals surface area (Å²) in [7, 11) is 1.98. The Bertz CT molecular complexity index is 583. The Morgan fingerprint density at radius 1 is 1.25 bits per heavy atom. The molecule has 0 amide bonds. The molecule has 0 fully saturated rings. The van der Waals surface area contributed by atoms with E-state index in [2.05, 4.69) is 48.9 Å². The first-order valence-electron chi connectivity index (χ1n) is 6.27. The van der Waals surface area contributed by atoms with E-state index in [0.29, 0.717) is 6.54 Å². The van der Waals surface area contributed by atoms with Gasteiger partial charge in [0.05, 0.1) is 14.1 Å². The summed E-state index contributed by atoms with van der Waals surface area (Å²) < 4.78 is 1.87. The summed E-state index contributed by atoms with van der Waals surface area (Å²) in [5.74, 6) is 0.148. The molecule has 1 aromatic carbocycles. The SMILES string of the molecule is CN(CCc1ccccc1)CC(=O)c1cc(Br)sc1Br. The summed E-state index contributed by atoms with van der Waals surface area (Å²) in [6.45, 7) is 1.31. The highest BCUT2D eigenvalue weighted by Crippen LogP contribution is 2.32. The van der Waals surface area contributed by atoms with Gasteiger partial charge in [-0.25, -0.2) is 0 Å². The van der Waals surface area contributed by atoms with Crippen molar-refractivity contribution in [2.75, 3.05) is 20.1 Å². The lowest BCUT2D eigenvalue weighted by atomic mass is 10.1. The smallest absolute Gasteiger partial charge is 0.178 e. The van der Waals surface area contributed by atoms with E-state index in [1.54, 1.807) is 0 Å². The highest BCUT2D eigenvalue weighted by atomic mass is 79.9. The van der Waals surface area contributed by atoms with E-state index in [9.17, 15) is 4.79 Å². The van der Waals surface area contributed by atoms with Gasteiger partial charge in [-0.3, -0.25) is 9.69 Å². The molecule has 2 rings (SSSR count). The zero-order chi connectivity index (χ0) is 14.5. The van der Waals surface area contributed by atoms with Crippen molar-refractivity contribution in [2.45, 2.75) is 6.42 Å². The fourth-order valence-electron chi connectivity index (χ4n) is 1.90. The van der Waals surface area contributed by atoms with Crippen LogP contribution in [0.15, 0.2) is 44.0 Å². The molecule has 0 bridgehead atoms. The second kappa shape index (κ2) is 7.50. The van der Waals surface area contributed by atoms with Gasteiger partial charge in [0.15, 0.2) is 5.78 Å².